The van der Waals surface area contributed by atoms with Gasteiger partial charge >= 0.3 is 0 Å². The minimum absolute atomic E-state index is 0.0919. The smallest absolute Gasteiger partial charge is 0.257 e. The van der Waals surface area contributed by atoms with Gasteiger partial charge in [0.25, 0.3) is 5.91 Å². The van der Waals surface area contributed by atoms with Crippen LogP contribution in [-0.2, 0) is 0 Å². The van der Waals surface area contributed by atoms with Crippen LogP contribution in [0.15, 0.2) is 12.1 Å². The SMILES string of the molecule is Cc1ccc(C(=O)N2CCC(CO)CC2)c(O)c1C. The highest BCUT2D eigenvalue weighted by Gasteiger charge is 2.25. The summed E-state index contributed by atoms with van der Waals surface area (Å²) in [4.78, 5) is 14.1. The first kappa shape index (κ1) is 13.9. The number of amides is 1. The van der Waals surface area contributed by atoms with Crippen LogP contribution in [0, 0.1) is 19.8 Å². The van der Waals surface area contributed by atoms with Crippen LogP contribution in [0.2, 0.25) is 0 Å². The number of carbonyl (C=O) groups excluding carboxylic acids is 1. The van der Waals surface area contributed by atoms with Crippen LogP contribution in [0.4, 0.5) is 0 Å². The zero-order chi connectivity index (χ0) is 14.0. The van der Waals surface area contributed by atoms with Crippen molar-refractivity contribution in [2.75, 3.05) is 19.7 Å². The van der Waals surface area contributed by atoms with Gasteiger partial charge in [-0.3, -0.25) is 4.79 Å². The van der Waals surface area contributed by atoms with E-state index in [1.807, 2.05) is 19.9 Å². The first-order chi connectivity index (χ1) is 9.04. The van der Waals surface area contributed by atoms with Crippen LogP contribution in [-0.4, -0.2) is 40.7 Å². The number of phenols is 1. The molecule has 1 aromatic rings. The molecule has 1 heterocycles. The molecule has 1 amide bonds. The number of carbonyl (C=O) groups is 1. The molecule has 1 aliphatic heterocycles. The molecule has 2 N–H and O–H groups in total. The van der Waals surface area contributed by atoms with E-state index in [4.69, 9.17) is 5.11 Å². The number of phenolic OH excluding ortho intramolecular Hbond substituents is 1. The average Bonchev–Trinajstić information content (AvgIpc) is 2.44. The van der Waals surface area contributed by atoms with Crippen molar-refractivity contribution in [2.24, 2.45) is 5.92 Å². The second kappa shape index (κ2) is 5.61. The number of hydrogen-bond donors (Lipinski definition) is 2. The molecular formula is C15H21NO3. The van der Waals surface area contributed by atoms with Gasteiger partial charge in [-0.2, -0.15) is 0 Å². The van der Waals surface area contributed by atoms with E-state index in [0.717, 1.165) is 24.0 Å². The van der Waals surface area contributed by atoms with Crippen molar-refractivity contribution >= 4 is 5.91 Å². The molecule has 19 heavy (non-hydrogen) atoms. The van der Waals surface area contributed by atoms with Gasteiger partial charge in [-0.15, -0.1) is 0 Å². The lowest BCUT2D eigenvalue weighted by Gasteiger charge is -2.31. The first-order valence-corrected chi connectivity index (χ1v) is 6.74. The number of rotatable bonds is 2. The molecule has 1 fully saturated rings. The molecule has 1 saturated heterocycles. The van der Waals surface area contributed by atoms with E-state index in [1.165, 1.54) is 0 Å². The number of hydrogen-bond acceptors (Lipinski definition) is 3. The molecule has 1 aromatic carbocycles. The van der Waals surface area contributed by atoms with Gasteiger partial charge in [-0.05, 0) is 49.8 Å². The molecule has 0 saturated carbocycles. The average molecular weight is 263 g/mol. The van der Waals surface area contributed by atoms with Crippen LogP contribution in [0.3, 0.4) is 0 Å². The van der Waals surface area contributed by atoms with Crippen molar-refractivity contribution < 1.29 is 15.0 Å². The van der Waals surface area contributed by atoms with Gasteiger partial charge in [-0.25, -0.2) is 0 Å². The van der Waals surface area contributed by atoms with Crippen molar-refractivity contribution in [2.45, 2.75) is 26.7 Å². The van der Waals surface area contributed by atoms with Crippen molar-refractivity contribution in [3.8, 4) is 5.75 Å². The largest absolute Gasteiger partial charge is 0.507 e. The Hall–Kier alpha value is -1.55. The molecule has 0 atom stereocenters. The van der Waals surface area contributed by atoms with Gasteiger partial charge in [-0.1, -0.05) is 6.07 Å². The highest BCUT2D eigenvalue weighted by atomic mass is 16.3. The molecule has 1 aliphatic rings. The molecule has 4 heteroatoms. The van der Waals surface area contributed by atoms with Crippen molar-refractivity contribution in [3.05, 3.63) is 28.8 Å². The number of benzene rings is 1. The normalized spacial score (nSPS) is 16.7. The lowest BCUT2D eigenvalue weighted by atomic mass is 9.96. The maximum absolute atomic E-state index is 12.4. The third kappa shape index (κ3) is 2.73. The maximum atomic E-state index is 12.4. The molecule has 2 rings (SSSR count). The van der Waals surface area contributed by atoms with Crippen molar-refractivity contribution in [1.29, 1.82) is 0 Å². The topological polar surface area (TPSA) is 60.8 Å². The van der Waals surface area contributed by atoms with Crippen molar-refractivity contribution in [1.82, 2.24) is 4.90 Å². The van der Waals surface area contributed by atoms with Gasteiger partial charge in [0.05, 0.1) is 5.56 Å². The Bertz CT molecular complexity index is 477. The summed E-state index contributed by atoms with van der Waals surface area (Å²) in [6, 6.07) is 3.56. The molecule has 0 spiro atoms. The molecule has 0 aromatic heterocycles. The summed E-state index contributed by atoms with van der Waals surface area (Å²) in [6.45, 7) is 5.22. The fourth-order valence-electron chi connectivity index (χ4n) is 2.46. The molecule has 0 unspecified atom stereocenters. The van der Waals surface area contributed by atoms with E-state index in [0.29, 0.717) is 24.6 Å². The Morgan fingerprint density at radius 3 is 2.53 bits per heavy atom. The Labute approximate surface area is 113 Å². The van der Waals surface area contributed by atoms with Gasteiger partial charge < -0.3 is 15.1 Å². The van der Waals surface area contributed by atoms with Crippen LogP contribution >= 0.6 is 0 Å². The number of piperidine rings is 1. The van der Waals surface area contributed by atoms with Gasteiger partial charge in [0.2, 0.25) is 0 Å². The highest BCUT2D eigenvalue weighted by Crippen LogP contribution is 2.27. The highest BCUT2D eigenvalue weighted by molar-refractivity contribution is 5.97. The lowest BCUT2D eigenvalue weighted by molar-refractivity contribution is 0.0648. The Kier molecular flexibility index (Phi) is 4.10. The summed E-state index contributed by atoms with van der Waals surface area (Å²) in [5, 5.41) is 19.2. The molecule has 0 bridgehead atoms. The third-order valence-electron chi connectivity index (χ3n) is 4.09. The number of likely N-dealkylation sites (tertiary alicyclic amines) is 1. The lowest BCUT2D eigenvalue weighted by Crippen LogP contribution is -2.39. The quantitative estimate of drug-likeness (QED) is 0.856. The van der Waals surface area contributed by atoms with E-state index < -0.39 is 0 Å². The second-order valence-corrected chi connectivity index (χ2v) is 5.32. The van der Waals surface area contributed by atoms with Crippen LogP contribution in [0.1, 0.15) is 34.3 Å². The summed E-state index contributed by atoms with van der Waals surface area (Å²) in [7, 11) is 0. The minimum atomic E-state index is -0.114. The number of aromatic hydroxyl groups is 1. The van der Waals surface area contributed by atoms with Crippen LogP contribution in [0.25, 0.3) is 0 Å². The standard InChI is InChI=1S/C15H21NO3/c1-10-3-4-13(14(18)11(10)2)15(19)16-7-5-12(9-17)6-8-16/h3-4,12,17-18H,5-9H2,1-2H3. The van der Waals surface area contributed by atoms with Crippen LogP contribution in [0.5, 0.6) is 5.75 Å². The predicted octanol–water partition coefficient (Wildman–Crippen LogP) is 1.85. The fraction of sp³-hybridized carbons (Fsp3) is 0.533. The summed E-state index contributed by atoms with van der Waals surface area (Å²) >= 11 is 0. The summed E-state index contributed by atoms with van der Waals surface area (Å²) in [6.07, 6.45) is 1.65. The third-order valence-corrected chi connectivity index (χ3v) is 4.09. The van der Waals surface area contributed by atoms with E-state index in [-0.39, 0.29) is 18.3 Å². The Balaban J connectivity index is 2.15. The Morgan fingerprint density at radius 2 is 1.95 bits per heavy atom. The van der Waals surface area contributed by atoms with Gasteiger partial charge in [0.1, 0.15) is 5.75 Å². The summed E-state index contributed by atoms with van der Waals surface area (Å²) in [5.74, 6) is 0.281. The van der Waals surface area contributed by atoms with E-state index in [2.05, 4.69) is 0 Å². The van der Waals surface area contributed by atoms with E-state index >= 15 is 0 Å². The summed E-state index contributed by atoms with van der Waals surface area (Å²) < 4.78 is 0. The number of aliphatic hydroxyl groups excluding tert-OH is 1. The zero-order valence-corrected chi connectivity index (χ0v) is 11.5. The molecule has 4 nitrogen and oxygen atoms in total. The van der Waals surface area contributed by atoms with Crippen LogP contribution < -0.4 is 0 Å². The van der Waals surface area contributed by atoms with E-state index in [1.54, 1.807) is 11.0 Å². The molecule has 0 radical (unpaired) electrons. The first-order valence-electron chi connectivity index (χ1n) is 6.74. The van der Waals surface area contributed by atoms with Gasteiger partial charge in [0.15, 0.2) is 0 Å². The summed E-state index contributed by atoms with van der Waals surface area (Å²) in [5.41, 5.74) is 2.12. The minimum Gasteiger partial charge on any atom is -0.507 e. The predicted molar refractivity (Wildman–Crippen MR) is 73.3 cm³/mol. The number of nitrogens with zero attached hydrogens (tertiary/aromatic N) is 1. The number of aliphatic hydroxyl groups is 1. The second-order valence-electron chi connectivity index (χ2n) is 5.32. The Morgan fingerprint density at radius 1 is 1.32 bits per heavy atom. The molecular weight excluding hydrogens is 242 g/mol. The van der Waals surface area contributed by atoms with E-state index in [9.17, 15) is 9.90 Å². The monoisotopic (exact) mass is 263 g/mol. The van der Waals surface area contributed by atoms with Crippen molar-refractivity contribution in [3.63, 3.8) is 0 Å². The zero-order valence-electron chi connectivity index (χ0n) is 11.5. The number of aryl methyl sites for hydroxylation is 1. The van der Waals surface area contributed by atoms with Gasteiger partial charge in [0, 0.05) is 19.7 Å². The fourth-order valence-corrected chi connectivity index (χ4v) is 2.46. The molecule has 104 valence electrons. The molecule has 0 aliphatic carbocycles. The maximum Gasteiger partial charge on any atom is 0.257 e.